The lowest BCUT2D eigenvalue weighted by molar-refractivity contribution is -0.137. The van der Waals surface area contributed by atoms with Gasteiger partial charge in [0.2, 0.25) is 5.91 Å². The average Bonchev–Trinajstić information content (AvgIpc) is 3.18. The molecule has 1 heterocycles. The van der Waals surface area contributed by atoms with Crippen molar-refractivity contribution in [2.45, 2.75) is 44.2 Å². The Hall–Kier alpha value is -3.08. The van der Waals surface area contributed by atoms with Crippen LogP contribution in [0.5, 0.6) is 5.75 Å². The van der Waals surface area contributed by atoms with Gasteiger partial charge in [-0.3, -0.25) is 4.79 Å². The number of hydrogen-bond acceptors (Lipinski definition) is 5. The Balaban J connectivity index is 1.67. The second-order valence-corrected chi connectivity index (χ2v) is 8.38. The molecule has 176 valence electrons. The van der Waals surface area contributed by atoms with E-state index in [0.717, 1.165) is 23.9 Å². The first kappa shape index (κ1) is 24.6. The van der Waals surface area contributed by atoms with E-state index in [4.69, 9.17) is 4.74 Å². The summed E-state index contributed by atoms with van der Waals surface area (Å²) < 4.78 is 59.3. The molecule has 0 saturated carbocycles. The Bertz CT molecular complexity index is 1100. The molecule has 1 N–H and O–H groups in total. The molecule has 1 atom stereocenters. The van der Waals surface area contributed by atoms with E-state index in [1.165, 1.54) is 36.4 Å². The summed E-state index contributed by atoms with van der Waals surface area (Å²) in [5, 5.41) is 11.3. The quantitative estimate of drug-likeness (QED) is 0.320. The van der Waals surface area contributed by atoms with Crippen LogP contribution in [-0.2, 0) is 11.0 Å². The van der Waals surface area contributed by atoms with Crippen LogP contribution in [0.4, 0.5) is 23.2 Å². The normalized spacial score (nSPS) is 12.6. The van der Waals surface area contributed by atoms with Gasteiger partial charge in [0.15, 0.2) is 17.1 Å². The summed E-state index contributed by atoms with van der Waals surface area (Å²) in [6, 6.07) is 9.99. The third-order valence-corrected chi connectivity index (χ3v) is 5.45. The molecule has 1 aromatic heterocycles. The van der Waals surface area contributed by atoms with Crippen LogP contribution in [0, 0.1) is 5.82 Å². The van der Waals surface area contributed by atoms with Crippen molar-refractivity contribution in [3.63, 3.8) is 0 Å². The highest BCUT2D eigenvalue weighted by Crippen LogP contribution is 2.31. The van der Waals surface area contributed by atoms with Gasteiger partial charge >= 0.3 is 6.18 Å². The van der Waals surface area contributed by atoms with E-state index in [9.17, 15) is 22.4 Å². The van der Waals surface area contributed by atoms with Crippen molar-refractivity contribution in [1.82, 2.24) is 14.8 Å². The minimum atomic E-state index is -4.49. The predicted molar refractivity (Wildman–Crippen MR) is 117 cm³/mol. The van der Waals surface area contributed by atoms with Gasteiger partial charge in [0.05, 0.1) is 11.3 Å². The van der Waals surface area contributed by atoms with E-state index in [0.29, 0.717) is 16.7 Å². The maximum atomic E-state index is 13.1. The van der Waals surface area contributed by atoms with Crippen LogP contribution in [0.1, 0.15) is 44.3 Å². The largest absolute Gasteiger partial charge is 0.483 e. The highest BCUT2D eigenvalue weighted by molar-refractivity contribution is 7.99. The lowest BCUT2D eigenvalue weighted by atomic mass is 10.2. The van der Waals surface area contributed by atoms with Gasteiger partial charge in [-0.2, -0.15) is 13.2 Å². The monoisotopic (exact) mass is 482 g/mol. The summed E-state index contributed by atoms with van der Waals surface area (Å²) in [4.78, 5) is 12.3. The number of halogens is 4. The Morgan fingerprint density at radius 3 is 2.45 bits per heavy atom. The number of hydrogen-bond donors (Lipinski definition) is 1. The van der Waals surface area contributed by atoms with E-state index in [2.05, 4.69) is 15.5 Å². The topological polar surface area (TPSA) is 69.0 Å². The minimum absolute atomic E-state index is 0.0525. The summed E-state index contributed by atoms with van der Waals surface area (Å²) >= 11 is 1.11. The summed E-state index contributed by atoms with van der Waals surface area (Å²) in [6.07, 6.45) is -5.00. The molecule has 6 nitrogen and oxygen atoms in total. The second kappa shape index (κ2) is 10.2. The number of nitrogens with one attached hydrogen (secondary N) is 1. The Kier molecular flexibility index (Phi) is 7.62. The summed E-state index contributed by atoms with van der Waals surface area (Å²) in [5.74, 6) is 0.0677. The molecule has 3 aromatic rings. The van der Waals surface area contributed by atoms with Crippen LogP contribution in [-0.4, -0.2) is 26.4 Å². The molecule has 2 aromatic carbocycles. The lowest BCUT2D eigenvalue weighted by Gasteiger charge is -2.18. The zero-order chi connectivity index (χ0) is 24.2. The van der Waals surface area contributed by atoms with Crippen LogP contribution < -0.4 is 10.1 Å². The molecule has 11 heteroatoms. The molecule has 33 heavy (non-hydrogen) atoms. The van der Waals surface area contributed by atoms with Crippen LogP contribution in [0.3, 0.4) is 0 Å². The standard InChI is InChI=1S/C22H22F4N4O2S/c1-13(2)30-20(14(3)32-18-9-7-16(23)8-10-18)28-29-21(30)33-12-19(31)27-17-6-4-5-15(11-17)22(24,25)26/h4-11,13-14H,12H2,1-3H3,(H,27,31). The molecule has 1 unspecified atom stereocenters. The maximum Gasteiger partial charge on any atom is 0.416 e. The first-order valence-corrected chi connectivity index (χ1v) is 11.0. The molecule has 0 aliphatic rings. The van der Waals surface area contributed by atoms with Gasteiger partial charge < -0.3 is 14.6 Å². The second-order valence-electron chi connectivity index (χ2n) is 7.43. The van der Waals surface area contributed by atoms with Crippen LogP contribution in [0.2, 0.25) is 0 Å². The van der Waals surface area contributed by atoms with E-state index < -0.39 is 23.8 Å². The van der Waals surface area contributed by atoms with Gasteiger partial charge in [0.25, 0.3) is 0 Å². The van der Waals surface area contributed by atoms with Gasteiger partial charge in [-0.25, -0.2) is 4.39 Å². The number of carbonyl (C=O) groups excluding carboxylic acids is 1. The third-order valence-electron chi connectivity index (χ3n) is 4.50. The van der Waals surface area contributed by atoms with Crippen molar-refractivity contribution in [1.29, 1.82) is 0 Å². The van der Waals surface area contributed by atoms with Crippen molar-refractivity contribution in [2.75, 3.05) is 11.1 Å². The first-order valence-electron chi connectivity index (χ1n) is 10.0. The van der Waals surface area contributed by atoms with Gasteiger partial charge in [0, 0.05) is 11.7 Å². The van der Waals surface area contributed by atoms with Crippen LogP contribution >= 0.6 is 11.8 Å². The number of anilines is 1. The number of amides is 1. The van der Waals surface area contributed by atoms with Crippen molar-refractivity contribution in [2.24, 2.45) is 0 Å². The smallest absolute Gasteiger partial charge is 0.416 e. The van der Waals surface area contributed by atoms with Gasteiger partial charge in [-0.15, -0.1) is 10.2 Å². The fourth-order valence-corrected chi connectivity index (χ4v) is 3.89. The number of thioether (sulfide) groups is 1. The predicted octanol–water partition coefficient (Wildman–Crippen LogP) is 5.89. The number of benzene rings is 2. The molecule has 0 spiro atoms. The number of ether oxygens (including phenoxy) is 1. The van der Waals surface area contributed by atoms with Crippen LogP contribution in [0.25, 0.3) is 0 Å². The molecule has 0 saturated heterocycles. The number of nitrogens with zero attached hydrogens (tertiary/aromatic N) is 3. The van der Waals surface area contributed by atoms with Crippen LogP contribution in [0.15, 0.2) is 53.7 Å². The summed E-state index contributed by atoms with van der Waals surface area (Å²) in [6.45, 7) is 5.62. The summed E-state index contributed by atoms with van der Waals surface area (Å²) in [7, 11) is 0. The molecular weight excluding hydrogens is 460 g/mol. The molecule has 0 fully saturated rings. The zero-order valence-electron chi connectivity index (χ0n) is 18.1. The van der Waals surface area contributed by atoms with E-state index in [1.807, 2.05) is 18.4 Å². The van der Waals surface area contributed by atoms with Crippen molar-refractivity contribution in [3.05, 3.63) is 65.7 Å². The number of rotatable bonds is 8. The van der Waals surface area contributed by atoms with E-state index >= 15 is 0 Å². The number of alkyl halides is 3. The highest BCUT2D eigenvalue weighted by Gasteiger charge is 2.30. The fraction of sp³-hybridized carbons (Fsp3) is 0.318. The maximum absolute atomic E-state index is 13.1. The number of carbonyl (C=O) groups is 1. The molecule has 0 bridgehead atoms. The average molecular weight is 483 g/mol. The SMILES string of the molecule is CC(Oc1ccc(F)cc1)c1nnc(SCC(=O)Nc2cccc(C(F)(F)F)c2)n1C(C)C. The molecule has 0 aliphatic heterocycles. The lowest BCUT2D eigenvalue weighted by Crippen LogP contribution is -2.17. The highest BCUT2D eigenvalue weighted by atomic mass is 32.2. The summed E-state index contributed by atoms with van der Waals surface area (Å²) in [5.41, 5.74) is -0.782. The van der Waals surface area contributed by atoms with Gasteiger partial charge in [-0.1, -0.05) is 17.8 Å². The minimum Gasteiger partial charge on any atom is -0.483 e. The Morgan fingerprint density at radius 1 is 1.12 bits per heavy atom. The van der Waals surface area contributed by atoms with Gasteiger partial charge in [-0.05, 0) is 63.2 Å². The molecule has 0 radical (unpaired) electrons. The van der Waals surface area contributed by atoms with Crippen molar-refractivity contribution in [3.8, 4) is 5.75 Å². The first-order chi connectivity index (χ1) is 15.5. The number of aromatic nitrogens is 3. The fourth-order valence-electron chi connectivity index (χ4n) is 3.02. The molecular formula is C22H22F4N4O2S. The molecule has 3 rings (SSSR count). The van der Waals surface area contributed by atoms with E-state index in [1.54, 1.807) is 6.92 Å². The Labute approximate surface area is 192 Å². The van der Waals surface area contributed by atoms with Gasteiger partial charge in [0.1, 0.15) is 11.6 Å². The molecule has 0 aliphatic carbocycles. The van der Waals surface area contributed by atoms with Crippen molar-refractivity contribution < 1.29 is 27.1 Å². The Morgan fingerprint density at radius 2 is 1.82 bits per heavy atom. The molecule has 1 amide bonds. The third kappa shape index (κ3) is 6.47. The van der Waals surface area contributed by atoms with E-state index in [-0.39, 0.29) is 23.3 Å². The zero-order valence-corrected chi connectivity index (χ0v) is 18.9. The van der Waals surface area contributed by atoms with Crippen molar-refractivity contribution >= 4 is 23.4 Å².